The van der Waals surface area contributed by atoms with Gasteiger partial charge in [-0.15, -0.1) is 11.3 Å². The molecule has 4 aromatic rings. The number of carbonyl (C=O) groups excluding carboxylic acids is 1. The Bertz CT molecular complexity index is 1290. The van der Waals surface area contributed by atoms with Crippen LogP contribution < -0.4 is 5.32 Å². The topological polar surface area (TPSA) is 127 Å². The highest BCUT2D eigenvalue weighted by Gasteiger charge is 2.13. The van der Waals surface area contributed by atoms with Gasteiger partial charge in [0.1, 0.15) is 0 Å². The lowest BCUT2D eigenvalue weighted by atomic mass is 10.1. The zero-order valence-electron chi connectivity index (χ0n) is 15.9. The van der Waals surface area contributed by atoms with E-state index in [-0.39, 0.29) is 11.6 Å². The van der Waals surface area contributed by atoms with E-state index in [1.54, 1.807) is 36.7 Å². The summed E-state index contributed by atoms with van der Waals surface area (Å²) in [6.07, 6.45) is 5.32. The van der Waals surface area contributed by atoms with Crippen LogP contribution >= 0.6 is 11.3 Å². The third kappa shape index (κ3) is 4.63. The van der Waals surface area contributed by atoms with Crippen molar-refractivity contribution in [2.45, 2.75) is 6.42 Å². The number of amides is 1. The number of rotatable bonds is 6. The average Bonchev–Trinajstić information content (AvgIpc) is 3.44. The summed E-state index contributed by atoms with van der Waals surface area (Å²) in [5, 5.41) is 27.0. The molecule has 1 N–H and O–H groups in total. The number of carbonyl (C=O) groups is 1. The van der Waals surface area contributed by atoms with Gasteiger partial charge in [0.15, 0.2) is 5.13 Å². The first-order valence-electron chi connectivity index (χ1n) is 9.06. The van der Waals surface area contributed by atoms with Crippen LogP contribution in [0.25, 0.3) is 5.69 Å². The van der Waals surface area contributed by atoms with E-state index in [2.05, 4.69) is 21.5 Å². The number of hydrogen-bond donors (Lipinski definition) is 1. The molecule has 0 fully saturated rings. The summed E-state index contributed by atoms with van der Waals surface area (Å²) in [4.78, 5) is 28.0. The molecule has 2 aromatic heterocycles. The molecule has 1 amide bonds. The molecule has 0 bridgehead atoms. The van der Waals surface area contributed by atoms with Crippen molar-refractivity contribution < 1.29 is 9.72 Å². The van der Waals surface area contributed by atoms with Gasteiger partial charge in [0, 0.05) is 35.8 Å². The lowest BCUT2D eigenvalue weighted by Gasteiger charge is -2.00. The molecule has 0 aliphatic rings. The van der Waals surface area contributed by atoms with E-state index >= 15 is 0 Å². The minimum Gasteiger partial charge on any atom is -0.298 e. The Morgan fingerprint density at radius 3 is 2.58 bits per heavy atom. The Kier molecular flexibility index (Phi) is 5.51. The smallest absolute Gasteiger partial charge is 0.269 e. The van der Waals surface area contributed by atoms with Crippen molar-refractivity contribution >= 4 is 28.1 Å². The molecule has 10 heteroatoms. The quantitative estimate of drug-likeness (QED) is 0.364. The SMILES string of the molecule is N#Cc1ccc(Cc2cnc(NC(=O)c3cnn(-c4ccc([N+](=O)[O-])cc4)c3)s2)cc1. The van der Waals surface area contributed by atoms with Crippen LogP contribution in [-0.4, -0.2) is 25.6 Å². The van der Waals surface area contributed by atoms with Gasteiger partial charge >= 0.3 is 0 Å². The Balaban J connectivity index is 1.41. The van der Waals surface area contributed by atoms with E-state index < -0.39 is 4.92 Å². The second-order valence-electron chi connectivity index (χ2n) is 6.52. The molecule has 152 valence electrons. The fourth-order valence-electron chi connectivity index (χ4n) is 2.82. The fourth-order valence-corrected chi connectivity index (χ4v) is 3.66. The van der Waals surface area contributed by atoms with E-state index in [0.717, 1.165) is 10.4 Å². The third-order valence-corrected chi connectivity index (χ3v) is 5.32. The van der Waals surface area contributed by atoms with E-state index in [1.807, 2.05) is 12.1 Å². The molecule has 0 saturated heterocycles. The number of nitrogens with zero attached hydrogens (tertiary/aromatic N) is 5. The lowest BCUT2D eigenvalue weighted by Crippen LogP contribution is -2.10. The molecule has 0 aliphatic heterocycles. The average molecular weight is 430 g/mol. The number of aromatic nitrogens is 3. The van der Waals surface area contributed by atoms with Crippen LogP contribution in [0.15, 0.2) is 67.1 Å². The Labute approximate surface area is 180 Å². The molecule has 2 heterocycles. The van der Waals surface area contributed by atoms with Crippen LogP contribution in [0.1, 0.15) is 26.4 Å². The van der Waals surface area contributed by atoms with Crippen LogP contribution in [0.4, 0.5) is 10.8 Å². The second-order valence-corrected chi connectivity index (χ2v) is 7.63. The molecule has 0 radical (unpaired) electrons. The predicted molar refractivity (Wildman–Crippen MR) is 114 cm³/mol. The highest BCUT2D eigenvalue weighted by molar-refractivity contribution is 7.15. The van der Waals surface area contributed by atoms with Gasteiger partial charge in [-0.2, -0.15) is 10.4 Å². The van der Waals surface area contributed by atoms with Crippen molar-refractivity contribution in [1.29, 1.82) is 5.26 Å². The molecule has 2 aromatic carbocycles. The van der Waals surface area contributed by atoms with Crippen LogP contribution in [0.5, 0.6) is 0 Å². The van der Waals surface area contributed by atoms with Crippen LogP contribution in [-0.2, 0) is 6.42 Å². The number of nitrogens with one attached hydrogen (secondary N) is 1. The summed E-state index contributed by atoms with van der Waals surface area (Å²) < 4.78 is 1.47. The Morgan fingerprint density at radius 1 is 1.16 bits per heavy atom. The lowest BCUT2D eigenvalue weighted by molar-refractivity contribution is -0.384. The summed E-state index contributed by atoms with van der Waals surface area (Å²) >= 11 is 1.37. The van der Waals surface area contributed by atoms with E-state index in [1.165, 1.54) is 34.3 Å². The van der Waals surface area contributed by atoms with E-state index in [9.17, 15) is 14.9 Å². The molecule has 0 spiro atoms. The molecular weight excluding hydrogens is 416 g/mol. The number of thiazole rings is 1. The highest BCUT2D eigenvalue weighted by Crippen LogP contribution is 2.22. The monoisotopic (exact) mass is 430 g/mol. The fraction of sp³-hybridized carbons (Fsp3) is 0.0476. The maximum atomic E-state index is 12.5. The van der Waals surface area contributed by atoms with Crippen molar-refractivity contribution in [2.24, 2.45) is 0 Å². The molecule has 0 saturated carbocycles. The van der Waals surface area contributed by atoms with Gasteiger partial charge in [0.2, 0.25) is 0 Å². The first kappa shape index (κ1) is 19.9. The number of benzene rings is 2. The van der Waals surface area contributed by atoms with Gasteiger partial charge in [-0.3, -0.25) is 20.2 Å². The predicted octanol–water partition coefficient (Wildman–Crippen LogP) is 3.95. The van der Waals surface area contributed by atoms with Gasteiger partial charge in [-0.05, 0) is 29.8 Å². The maximum absolute atomic E-state index is 12.5. The first-order chi connectivity index (χ1) is 15.0. The summed E-state index contributed by atoms with van der Waals surface area (Å²) in [6, 6.07) is 15.3. The van der Waals surface area contributed by atoms with Crippen molar-refractivity contribution in [3.63, 3.8) is 0 Å². The van der Waals surface area contributed by atoms with Crippen molar-refractivity contribution in [1.82, 2.24) is 14.8 Å². The first-order valence-corrected chi connectivity index (χ1v) is 9.88. The molecule has 4 rings (SSSR count). The van der Waals surface area contributed by atoms with E-state index in [4.69, 9.17) is 5.26 Å². The standard InChI is InChI=1S/C21H14N6O3S/c22-10-15-3-1-14(2-4-15)9-19-12-23-21(31-19)25-20(28)16-11-24-26(13-16)17-5-7-18(8-6-17)27(29)30/h1-8,11-13H,9H2,(H,23,25,28). The minimum atomic E-state index is -0.477. The number of nitro groups is 1. The highest BCUT2D eigenvalue weighted by atomic mass is 32.1. The van der Waals surface area contributed by atoms with Gasteiger partial charge in [0.25, 0.3) is 11.6 Å². The van der Waals surface area contributed by atoms with Crippen LogP contribution in [0.2, 0.25) is 0 Å². The summed E-state index contributed by atoms with van der Waals surface area (Å²) in [5.74, 6) is -0.354. The van der Waals surface area contributed by atoms with Crippen molar-refractivity contribution in [2.75, 3.05) is 5.32 Å². The van der Waals surface area contributed by atoms with E-state index in [0.29, 0.717) is 28.4 Å². The molecule has 31 heavy (non-hydrogen) atoms. The number of hydrogen-bond acceptors (Lipinski definition) is 7. The largest absolute Gasteiger partial charge is 0.298 e. The Hall–Kier alpha value is -4.36. The Morgan fingerprint density at radius 2 is 1.90 bits per heavy atom. The normalized spacial score (nSPS) is 10.4. The van der Waals surface area contributed by atoms with Crippen LogP contribution in [0.3, 0.4) is 0 Å². The van der Waals surface area contributed by atoms with Crippen molar-refractivity contribution in [3.05, 3.63) is 98.8 Å². The number of non-ortho nitro benzene ring substituents is 1. The summed E-state index contributed by atoms with van der Waals surface area (Å²) in [5.41, 5.74) is 2.57. The van der Waals surface area contributed by atoms with Crippen LogP contribution in [0, 0.1) is 21.4 Å². The van der Waals surface area contributed by atoms with Gasteiger partial charge < -0.3 is 0 Å². The summed E-state index contributed by atoms with van der Waals surface area (Å²) in [7, 11) is 0. The second kappa shape index (κ2) is 8.56. The van der Waals surface area contributed by atoms with Gasteiger partial charge in [-0.1, -0.05) is 12.1 Å². The van der Waals surface area contributed by atoms with Gasteiger partial charge in [-0.25, -0.2) is 9.67 Å². The van der Waals surface area contributed by atoms with Gasteiger partial charge in [0.05, 0.1) is 34.0 Å². The molecule has 0 aliphatic carbocycles. The van der Waals surface area contributed by atoms with Crippen molar-refractivity contribution in [3.8, 4) is 11.8 Å². The number of nitriles is 1. The minimum absolute atomic E-state index is 0.0190. The zero-order valence-corrected chi connectivity index (χ0v) is 16.7. The third-order valence-electron chi connectivity index (χ3n) is 4.41. The molecule has 0 atom stereocenters. The molecule has 9 nitrogen and oxygen atoms in total. The maximum Gasteiger partial charge on any atom is 0.269 e. The zero-order chi connectivity index (χ0) is 21.8. The summed E-state index contributed by atoms with van der Waals surface area (Å²) in [6.45, 7) is 0. The molecular formula is C21H14N6O3S. The number of nitro benzene ring substituents is 1. The number of anilines is 1. The molecule has 0 unspecified atom stereocenters.